The Labute approximate surface area is 591 Å². The molecule has 0 atom stereocenters. The van der Waals surface area contributed by atoms with Crippen molar-refractivity contribution in [2.75, 3.05) is 16.8 Å². The van der Waals surface area contributed by atoms with E-state index in [0.717, 1.165) is 54.9 Å². The fourth-order valence-corrected chi connectivity index (χ4v) is 14.5. The highest BCUT2D eigenvalue weighted by Gasteiger charge is 2.36. The molecule has 0 fully saturated rings. The van der Waals surface area contributed by atoms with E-state index in [1.807, 2.05) is 152 Å². The molecule has 0 amide bonds. The average Bonchev–Trinajstić information content (AvgIpc) is 0.768. The summed E-state index contributed by atoms with van der Waals surface area (Å²) in [6.07, 6.45) is 15.7. The molecule has 16 heteroatoms. The number of phenols is 4. The number of nitrogens with zero attached hydrogens (tertiary/aromatic N) is 6. The number of hydrogen-bond acceptors (Lipinski definition) is 13. The third-order valence-electron chi connectivity index (χ3n) is 19.0. The van der Waals surface area contributed by atoms with Gasteiger partial charge in [-0.05, 0) is 162 Å². The van der Waals surface area contributed by atoms with Crippen LogP contribution in [0.15, 0.2) is 73.2 Å². The van der Waals surface area contributed by atoms with Crippen LogP contribution >= 0.6 is 23.5 Å². The van der Waals surface area contributed by atoms with Crippen molar-refractivity contribution in [2.24, 2.45) is 0 Å². The molecular formula is C81H123N7O7S2. The van der Waals surface area contributed by atoms with Gasteiger partial charge in [-0.3, -0.25) is 0 Å². The summed E-state index contributed by atoms with van der Waals surface area (Å²) in [5, 5.41) is 53.6. The zero-order valence-corrected chi connectivity index (χ0v) is 65.7. The van der Waals surface area contributed by atoms with Gasteiger partial charge in [-0.2, -0.15) is 15.0 Å². The normalized spacial score (nSPS) is 13.1. The number of phenolic OH excluding ortho intramolecular Hbond substituents is 4. The van der Waals surface area contributed by atoms with Gasteiger partial charge < -0.3 is 25.7 Å². The van der Waals surface area contributed by atoms with Crippen molar-refractivity contribution in [2.45, 2.75) is 329 Å². The van der Waals surface area contributed by atoms with E-state index in [9.17, 15) is 20.4 Å². The molecule has 0 radical (unpaired) electrons. The Kier molecular flexibility index (Phi) is 26.1. The molecule has 0 saturated carbocycles. The summed E-state index contributed by atoms with van der Waals surface area (Å²) in [4.78, 5) is 61.1. The molecule has 0 spiro atoms. The first-order valence-electron chi connectivity index (χ1n) is 35.9. The average molecular weight is 1370 g/mol. The van der Waals surface area contributed by atoms with Crippen LogP contribution in [0.4, 0.5) is 11.6 Å². The molecule has 0 bridgehead atoms. The number of rotatable bonds is 29. The second-order valence-electron chi connectivity index (χ2n) is 35.0. The first-order chi connectivity index (χ1) is 44.7. The SMILES string of the molecule is CCCCCCCCSc1nc(Nc2cc(C(C)(C)C)c(O)c(C(C)(C)CCC(C)(C)c3cc(Cn4c(=O)n(Cc5cc(C(C)(C)C)c(O)c(C(C)(C)C)c5)c(=O)n(Cc5cc(C(C)(C)C)c(O)c(C(C)(C)C)c5)c4=O)cc(C(C)(C)C)c3O)c2)nc(SCCCCCCCC)n1. The lowest BCUT2D eigenvalue weighted by Crippen LogP contribution is -2.55. The predicted molar refractivity (Wildman–Crippen MR) is 408 cm³/mol. The van der Waals surface area contributed by atoms with Crippen molar-refractivity contribution in [3.05, 3.63) is 141 Å². The Balaban J connectivity index is 1.45. The van der Waals surface area contributed by atoms with E-state index in [0.29, 0.717) is 79.2 Å². The molecule has 6 aromatic rings. The Morgan fingerprint density at radius 2 is 0.598 bits per heavy atom. The Morgan fingerprint density at radius 3 is 0.897 bits per heavy atom. The molecule has 2 heterocycles. The molecule has 97 heavy (non-hydrogen) atoms. The van der Waals surface area contributed by atoms with Crippen molar-refractivity contribution >= 4 is 35.2 Å². The van der Waals surface area contributed by atoms with Gasteiger partial charge in [0, 0.05) is 33.9 Å². The molecule has 0 unspecified atom stereocenters. The number of aromatic hydroxyl groups is 4. The minimum Gasteiger partial charge on any atom is -0.507 e. The predicted octanol–water partition coefficient (Wildman–Crippen LogP) is 19.8. The quantitative estimate of drug-likeness (QED) is 0.0169. The van der Waals surface area contributed by atoms with Crippen molar-refractivity contribution in [3.63, 3.8) is 0 Å². The number of unbranched alkanes of at least 4 members (excludes halogenated alkanes) is 10. The van der Waals surface area contributed by atoms with Crippen molar-refractivity contribution in [1.29, 1.82) is 0 Å². The maximum atomic E-state index is 15.4. The highest BCUT2D eigenvalue weighted by atomic mass is 32.2. The van der Waals surface area contributed by atoms with E-state index in [2.05, 4.69) is 67.6 Å². The molecule has 0 saturated heterocycles. The van der Waals surface area contributed by atoms with E-state index in [1.54, 1.807) is 23.5 Å². The van der Waals surface area contributed by atoms with Gasteiger partial charge in [0.25, 0.3) is 0 Å². The van der Waals surface area contributed by atoms with Gasteiger partial charge in [-0.1, -0.05) is 254 Å². The van der Waals surface area contributed by atoms with Crippen LogP contribution in [-0.4, -0.2) is 60.6 Å². The first-order valence-corrected chi connectivity index (χ1v) is 37.9. The van der Waals surface area contributed by atoms with Crippen LogP contribution in [-0.2, 0) is 63.0 Å². The van der Waals surface area contributed by atoms with Gasteiger partial charge in [0.15, 0.2) is 10.3 Å². The smallest absolute Gasteiger partial charge is 0.336 e. The highest BCUT2D eigenvalue weighted by molar-refractivity contribution is 7.99. The van der Waals surface area contributed by atoms with Gasteiger partial charge in [0.2, 0.25) is 5.95 Å². The second-order valence-corrected chi connectivity index (χ2v) is 37.1. The van der Waals surface area contributed by atoms with E-state index in [4.69, 9.17) is 15.0 Å². The molecule has 6 rings (SSSR count). The summed E-state index contributed by atoms with van der Waals surface area (Å²) in [6.45, 7) is 48.8. The van der Waals surface area contributed by atoms with Crippen LogP contribution in [0.5, 0.6) is 23.0 Å². The van der Waals surface area contributed by atoms with E-state index in [-0.39, 0.29) is 42.6 Å². The lowest BCUT2D eigenvalue weighted by atomic mass is 9.70. The van der Waals surface area contributed by atoms with Crippen LogP contribution in [0.25, 0.3) is 0 Å². The van der Waals surface area contributed by atoms with Gasteiger partial charge in [0.1, 0.15) is 23.0 Å². The van der Waals surface area contributed by atoms with Crippen molar-refractivity contribution in [3.8, 4) is 23.0 Å². The minimum absolute atomic E-state index is 0.123. The van der Waals surface area contributed by atoms with Gasteiger partial charge in [-0.25, -0.2) is 28.1 Å². The first kappa shape index (κ1) is 80.0. The van der Waals surface area contributed by atoms with Gasteiger partial charge in [0.05, 0.1) is 19.6 Å². The molecule has 0 aliphatic carbocycles. The maximum absolute atomic E-state index is 15.4. The lowest BCUT2D eigenvalue weighted by Gasteiger charge is -2.35. The fraction of sp³-hybridized carbons (Fsp3) is 0.630. The van der Waals surface area contributed by atoms with Crippen LogP contribution in [0.3, 0.4) is 0 Å². The largest absolute Gasteiger partial charge is 0.507 e. The number of anilines is 2. The molecule has 2 aromatic heterocycles. The molecule has 0 aliphatic heterocycles. The topological polar surface area (TPSA) is 198 Å². The number of benzene rings is 4. The van der Waals surface area contributed by atoms with Gasteiger partial charge in [-0.15, -0.1) is 0 Å². The Hall–Kier alpha value is -6.00. The molecule has 14 nitrogen and oxygen atoms in total. The summed E-state index contributed by atoms with van der Waals surface area (Å²) in [5.41, 5.74) is 1.24. The van der Waals surface area contributed by atoms with Gasteiger partial charge >= 0.3 is 17.1 Å². The summed E-state index contributed by atoms with van der Waals surface area (Å²) in [5.74, 6) is 2.99. The van der Waals surface area contributed by atoms with Crippen molar-refractivity contribution < 1.29 is 20.4 Å². The fourth-order valence-electron chi connectivity index (χ4n) is 12.8. The second kappa shape index (κ2) is 31.7. The molecule has 5 N–H and O–H groups in total. The molecular weight excluding hydrogens is 1250 g/mol. The monoisotopic (exact) mass is 1370 g/mol. The lowest BCUT2D eigenvalue weighted by molar-refractivity contribution is 0.345. The highest BCUT2D eigenvalue weighted by Crippen LogP contribution is 2.48. The number of nitrogens with one attached hydrogen (secondary N) is 1. The van der Waals surface area contributed by atoms with Crippen LogP contribution in [0.2, 0.25) is 0 Å². The van der Waals surface area contributed by atoms with E-state index < -0.39 is 60.4 Å². The van der Waals surface area contributed by atoms with Crippen LogP contribution in [0, 0.1) is 0 Å². The summed E-state index contributed by atoms with van der Waals surface area (Å²) in [7, 11) is 0. The summed E-state index contributed by atoms with van der Waals surface area (Å²) >= 11 is 3.37. The molecule has 4 aromatic carbocycles. The zero-order valence-electron chi connectivity index (χ0n) is 64.1. The Bertz CT molecular complexity index is 3660. The third-order valence-corrected chi connectivity index (χ3v) is 20.9. The summed E-state index contributed by atoms with van der Waals surface area (Å²) in [6, 6.07) is 15.2. The number of aromatic nitrogens is 6. The molecule has 536 valence electrons. The molecule has 0 aliphatic rings. The number of hydrogen-bond donors (Lipinski definition) is 5. The third kappa shape index (κ3) is 20.8. The maximum Gasteiger partial charge on any atom is 0.336 e. The van der Waals surface area contributed by atoms with E-state index >= 15 is 14.4 Å². The number of thioether (sulfide) groups is 2. The van der Waals surface area contributed by atoms with Crippen molar-refractivity contribution in [1.82, 2.24) is 28.7 Å². The Morgan fingerprint density at radius 1 is 0.351 bits per heavy atom. The zero-order chi connectivity index (χ0) is 72.8. The standard InChI is InChI=1S/C81H123N7O7S2/c1-25-27-29-31-33-35-39-96-69-83-68(84-70(85-69)97-40-36-34-32-30-28-26-2)82-55-47-61(79(18,19)20)67(92)63(48-55)81(23,24)38-37-80(21,22)62-46-54(45-60(66(62)91)78(15,16)17)51-88-72(94)86(49-52-41-56(74(3,4)5)64(89)57(42-52)75(6,7)8)71(93)87(73(88)95)50-53-43-58(76(9,10)11)65(90)59(44-53)77(12,13)14/h41-48,89-92H,25-40,49-51H2,1-24H3,(H,82,83,84,85). The van der Waals surface area contributed by atoms with Crippen LogP contribution < -0.4 is 22.4 Å². The summed E-state index contributed by atoms with van der Waals surface area (Å²) < 4.78 is 3.38. The minimum atomic E-state index is -0.800. The van der Waals surface area contributed by atoms with Crippen LogP contribution in [0.1, 0.15) is 317 Å². The van der Waals surface area contributed by atoms with E-state index in [1.165, 1.54) is 64.2 Å².